The Kier molecular flexibility index (Phi) is 4.75. The zero-order valence-corrected chi connectivity index (χ0v) is 13.4. The van der Waals surface area contributed by atoms with Crippen LogP contribution in [0.1, 0.15) is 10.4 Å². The van der Waals surface area contributed by atoms with Gasteiger partial charge in [0.15, 0.2) is 0 Å². The molecule has 25 heavy (non-hydrogen) atoms. The van der Waals surface area contributed by atoms with E-state index in [0.29, 0.717) is 22.9 Å². The third kappa shape index (κ3) is 4.23. The Bertz CT molecular complexity index is 867. The molecule has 0 bridgehead atoms. The normalized spacial score (nSPS) is 10.1. The Labute approximate surface area is 144 Å². The second-order valence-electron chi connectivity index (χ2n) is 5.15. The summed E-state index contributed by atoms with van der Waals surface area (Å²) in [5.41, 5.74) is 1.69. The standard InChI is InChI=1S/C18H16N4O3/c1-25-16-10-14(9-15(23)11-16)21-17(24)12-3-5-13(6-4-12)22-18-19-7-2-8-20-18/h2-11,23H,1H3,(H,21,24)(H,19,20,22). The number of anilines is 3. The van der Waals surface area contributed by atoms with Crippen LogP contribution < -0.4 is 15.4 Å². The molecule has 0 aliphatic rings. The summed E-state index contributed by atoms with van der Waals surface area (Å²) >= 11 is 0. The van der Waals surface area contributed by atoms with Crippen molar-refractivity contribution in [2.75, 3.05) is 17.7 Å². The summed E-state index contributed by atoms with van der Waals surface area (Å²) in [6.07, 6.45) is 3.28. The zero-order chi connectivity index (χ0) is 17.6. The summed E-state index contributed by atoms with van der Waals surface area (Å²) in [5.74, 6) is 0.650. The number of phenols is 1. The molecular formula is C18H16N4O3. The quantitative estimate of drug-likeness (QED) is 0.662. The van der Waals surface area contributed by atoms with Crippen LogP contribution in [-0.2, 0) is 0 Å². The summed E-state index contributed by atoms with van der Waals surface area (Å²) in [5, 5.41) is 15.4. The summed E-state index contributed by atoms with van der Waals surface area (Å²) in [4.78, 5) is 20.5. The number of methoxy groups -OCH3 is 1. The molecule has 1 aromatic heterocycles. The molecule has 0 unspecified atom stereocenters. The highest BCUT2D eigenvalue weighted by Crippen LogP contribution is 2.25. The van der Waals surface area contributed by atoms with E-state index < -0.39 is 0 Å². The van der Waals surface area contributed by atoms with Crippen LogP contribution in [0.4, 0.5) is 17.3 Å². The van der Waals surface area contributed by atoms with Gasteiger partial charge in [0.2, 0.25) is 5.95 Å². The number of aromatic hydroxyl groups is 1. The molecule has 0 aliphatic carbocycles. The Morgan fingerprint density at radius 3 is 2.44 bits per heavy atom. The summed E-state index contributed by atoms with van der Waals surface area (Å²) in [7, 11) is 1.49. The maximum absolute atomic E-state index is 12.3. The van der Waals surface area contributed by atoms with E-state index in [1.54, 1.807) is 48.8 Å². The number of carbonyl (C=O) groups is 1. The minimum atomic E-state index is -0.296. The van der Waals surface area contributed by atoms with Gasteiger partial charge in [0.1, 0.15) is 11.5 Å². The molecule has 1 heterocycles. The van der Waals surface area contributed by atoms with Crippen molar-refractivity contribution in [1.29, 1.82) is 0 Å². The van der Waals surface area contributed by atoms with Gasteiger partial charge < -0.3 is 20.5 Å². The number of ether oxygens (including phenoxy) is 1. The Hall–Kier alpha value is -3.61. The number of carbonyl (C=O) groups excluding carboxylic acids is 1. The maximum Gasteiger partial charge on any atom is 0.255 e. The average Bonchev–Trinajstić information content (AvgIpc) is 2.62. The van der Waals surface area contributed by atoms with Gasteiger partial charge in [-0.1, -0.05) is 0 Å². The number of phenolic OH excluding ortho intramolecular Hbond substituents is 1. The van der Waals surface area contributed by atoms with E-state index in [1.165, 1.54) is 19.2 Å². The Balaban J connectivity index is 1.69. The predicted molar refractivity (Wildman–Crippen MR) is 94.4 cm³/mol. The molecule has 0 fully saturated rings. The lowest BCUT2D eigenvalue weighted by Gasteiger charge is -2.09. The van der Waals surface area contributed by atoms with E-state index in [-0.39, 0.29) is 11.7 Å². The van der Waals surface area contributed by atoms with Crippen LogP contribution in [-0.4, -0.2) is 28.1 Å². The molecule has 7 nitrogen and oxygen atoms in total. The molecular weight excluding hydrogens is 320 g/mol. The van der Waals surface area contributed by atoms with Crippen LogP contribution in [0.25, 0.3) is 0 Å². The summed E-state index contributed by atoms with van der Waals surface area (Å²) in [6, 6.07) is 13.1. The van der Waals surface area contributed by atoms with Gasteiger partial charge in [-0.2, -0.15) is 0 Å². The van der Waals surface area contributed by atoms with E-state index in [9.17, 15) is 9.90 Å². The van der Waals surface area contributed by atoms with E-state index in [2.05, 4.69) is 20.6 Å². The number of hydrogen-bond donors (Lipinski definition) is 3. The molecule has 2 aromatic carbocycles. The van der Waals surface area contributed by atoms with Gasteiger partial charge in [0.25, 0.3) is 5.91 Å². The minimum Gasteiger partial charge on any atom is -0.508 e. The van der Waals surface area contributed by atoms with E-state index in [1.807, 2.05) is 0 Å². The van der Waals surface area contributed by atoms with Crippen LogP contribution in [0, 0.1) is 0 Å². The third-order valence-electron chi connectivity index (χ3n) is 3.35. The molecule has 3 rings (SSSR count). The minimum absolute atomic E-state index is 0.0112. The summed E-state index contributed by atoms with van der Waals surface area (Å²) < 4.78 is 5.06. The Morgan fingerprint density at radius 2 is 1.76 bits per heavy atom. The molecule has 1 amide bonds. The van der Waals surface area contributed by atoms with Crippen LogP contribution in [0.2, 0.25) is 0 Å². The third-order valence-corrected chi connectivity index (χ3v) is 3.35. The SMILES string of the molecule is COc1cc(O)cc(NC(=O)c2ccc(Nc3ncccn3)cc2)c1. The highest BCUT2D eigenvalue weighted by molar-refractivity contribution is 6.04. The number of aromatic nitrogens is 2. The number of nitrogens with zero attached hydrogens (tertiary/aromatic N) is 2. The second kappa shape index (κ2) is 7.31. The van der Waals surface area contributed by atoms with Crippen LogP contribution >= 0.6 is 0 Å². The van der Waals surface area contributed by atoms with Crippen molar-refractivity contribution < 1.29 is 14.6 Å². The van der Waals surface area contributed by atoms with E-state index in [0.717, 1.165) is 5.69 Å². The van der Waals surface area contributed by atoms with Crippen molar-refractivity contribution in [3.05, 3.63) is 66.5 Å². The monoisotopic (exact) mass is 336 g/mol. The lowest BCUT2D eigenvalue weighted by Crippen LogP contribution is -2.11. The first-order valence-corrected chi connectivity index (χ1v) is 7.47. The second-order valence-corrected chi connectivity index (χ2v) is 5.15. The highest BCUT2D eigenvalue weighted by atomic mass is 16.5. The van der Waals surface area contributed by atoms with Crippen LogP contribution in [0.15, 0.2) is 60.9 Å². The van der Waals surface area contributed by atoms with Gasteiger partial charge in [-0.25, -0.2) is 9.97 Å². The molecule has 3 aromatic rings. The number of rotatable bonds is 5. The molecule has 126 valence electrons. The number of amides is 1. The van der Waals surface area contributed by atoms with Crippen molar-refractivity contribution in [1.82, 2.24) is 9.97 Å². The van der Waals surface area contributed by atoms with Crippen molar-refractivity contribution in [2.24, 2.45) is 0 Å². The van der Waals surface area contributed by atoms with Crippen molar-refractivity contribution >= 4 is 23.2 Å². The fraction of sp³-hybridized carbons (Fsp3) is 0.0556. The highest BCUT2D eigenvalue weighted by Gasteiger charge is 2.08. The fourth-order valence-electron chi connectivity index (χ4n) is 2.17. The van der Waals surface area contributed by atoms with E-state index in [4.69, 9.17) is 4.74 Å². The molecule has 7 heteroatoms. The molecule has 0 aliphatic heterocycles. The molecule has 0 saturated heterocycles. The first kappa shape index (κ1) is 16.3. The van der Waals surface area contributed by atoms with E-state index >= 15 is 0 Å². The lowest BCUT2D eigenvalue weighted by atomic mass is 10.2. The Morgan fingerprint density at radius 1 is 1.04 bits per heavy atom. The topological polar surface area (TPSA) is 96.4 Å². The van der Waals surface area contributed by atoms with Crippen molar-refractivity contribution in [2.45, 2.75) is 0 Å². The number of nitrogens with one attached hydrogen (secondary N) is 2. The van der Waals surface area contributed by atoms with Crippen LogP contribution in [0.5, 0.6) is 11.5 Å². The summed E-state index contributed by atoms with van der Waals surface area (Å²) in [6.45, 7) is 0. The smallest absolute Gasteiger partial charge is 0.255 e. The van der Waals surface area contributed by atoms with Gasteiger partial charge in [-0.05, 0) is 30.3 Å². The van der Waals surface area contributed by atoms with Crippen LogP contribution in [0.3, 0.4) is 0 Å². The lowest BCUT2D eigenvalue weighted by molar-refractivity contribution is 0.102. The van der Waals surface area contributed by atoms with Crippen molar-refractivity contribution in [3.63, 3.8) is 0 Å². The molecule has 0 saturated carbocycles. The average molecular weight is 336 g/mol. The van der Waals surface area contributed by atoms with Gasteiger partial charge in [-0.3, -0.25) is 4.79 Å². The number of benzene rings is 2. The van der Waals surface area contributed by atoms with Gasteiger partial charge >= 0.3 is 0 Å². The molecule has 3 N–H and O–H groups in total. The first-order chi connectivity index (χ1) is 12.1. The first-order valence-electron chi connectivity index (χ1n) is 7.47. The molecule has 0 spiro atoms. The predicted octanol–water partition coefficient (Wildman–Crippen LogP) is 3.19. The van der Waals surface area contributed by atoms with Gasteiger partial charge in [-0.15, -0.1) is 0 Å². The zero-order valence-electron chi connectivity index (χ0n) is 13.4. The maximum atomic E-state index is 12.3. The molecule has 0 radical (unpaired) electrons. The van der Waals surface area contributed by atoms with Crippen molar-refractivity contribution in [3.8, 4) is 11.5 Å². The molecule has 0 atom stereocenters. The number of hydrogen-bond acceptors (Lipinski definition) is 6. The fourth-order valence-corrected chi connectivity index (χ4v) is 2.17. The van der Waals surface area contributed by atoms with Gasteiger partial charge in [0, 0.05) is 47.5 Å². The largest absolute Gasteiger partial charge is 0.508 e. The van der Waals surface area contributed by atoms with Gasteiger partial charge in [0.05, 0.1) is 7.11 Å².